The molecule has 0 amide bonds. The lowest BCUT2D eigenvalue weighted by Crippen LogP contribution is -2.53. The zero-order valence-corrected chi connectivity index (χ0v) is 15.1. The van der Waals surface area contributed by atoms with E-state index >= 15 is 0 Å². The van der Waals surface area contributed by atoms with E-state index in [1.165, 1.54) is 0 Å². The molecule has 25 heavy (non-hydrogen) atoms. The van der Waals surface area contributed by atoms with E-state index < -0.39 is 5.60 Å². The van der Waals surface area contributed by atoms with Crippen LogP contribution in [0.1, 0.15) is 18.1 Å². The van der Waals surface area contributed by atoms with E-state index in [2.05, 4.69) is 42.6 Å². The molecule has 0 aliphatic carbocycles. The molecule has 1 aliphatic heterocycles. The second kappa shape index (κ2) is 8.45. The molecule has 2 aromatic rings. The van der Waals surface area contributed by atoms with Crippen molar-refractivity contribution in [3.05, 3.63) is 58.6 Å². The lowest BCUT2D eigenvalue weighted by Gasteiger charge is -2.38. The number of rotatable bonds is 2. The minimum Gasteiger partial charge on any atom is -0.483 e. The van der Waals surface area contributed by atoms with Crippen LogP contribution in [0.2, 0.25) is 5.02 Å². The van der Waals surface area contributed by atoms with E-state index in [4.69, 9.17) is 32.0 Å². The van der Waals surface area contributed by atoms with E-state index in [0.29, 0.717) is 6.54 Å². The first kappa shape index (κ1) is 19.4. The Balaban J connectivity index is 0.000000701. The van der Waals surface area contributed by atoms with E-state index in [-0.39, 0.29) is 12.7 Å². The Morgan fingerprint density at radius 1 is 1.32 bits per heavy atom. The van der Waals surface area contributed by atoms with Crippen LogP contribution in [0.25, 0.3) is 11.1 Å². The predicted molar refractivity (Wildman–Crippen MR) is 99.6 cm³/mol. The summed E-state index contributed by atoms with van der Waals surface area (Å²) in [5.74, 6) is 0. The number of hydrogen-bond donors (Lipinski definition) is 3. The molecular formula is C19H23ClN2O3. The molecule has 134 valence electrons. The van der Waals surface area contributed by atoms with Crippen LogP contribution in [0.5, 0.6) is 0 Å². The van der Waals surface area contributed by atoms with Crippen LogP contribution in [0.4, 0.5) is 0 Å². The SMILES string of the molecule is Cc1cc(-c2cccc(C3(C)CNCC(N)O3)c2)ccc1Cl.O=CO. The maximum atomic E-state index is 8.36. The second-order valence-electron chi connectivity index (χ2n) is 6.17. The Bertz CT molecular complexity index is 738. The molecule has 1 aliphatic rings. The highest BCUT2D eigenvalue weighted by Crippen LogP contribution is 2.32. The average molecular weight is 363 g/mol. The maximum absolute atomic E-state index is 8.36. The van der Waals surface area contributed by atoms with Gasteiger partial charge in [-0.2, -0.15) is 0 Å². The zero-order valence-electron chi connectivity index (χ0n) is 14.3. The molecule has 4 N–H and O–H groups in total. The van der Waals surface area contributed by atoms with E-state index in [9.17, 15) is 0 Å². The van der Waals surface area contributed by atoms with Gasteiger partial charge in [0, 0.05) is 18.1 Å². The monoisotopic (exact) mass is 362 g/mol. The fraction of sp³-hybridized carbons (Fsp3) is 0.316. The van der Waals surface area contributed by atoms with Crippen molar-refractivity contribution >= 4 is 18.1 Å². The van der Waals surface area contributed by atoms with Gasteiger partial charge in [0.25, 0.3) is 6.47 Å². The van der Waals surface area contributed by atoms with Gasteiger partial charge in [-0.1, -0.05) is 35.9 Å². The topological polar surface area (TPSA) is 84.6 Å². The summed E-state index contributed by atoms with van der Waals surface area (Å²) < 4.78 is 5.99. The molecular weight excluding hydrogens is 340 g/mol. The average Bonchev–Trinajstić information content (AvgIpc) is 2.58. The Morgan fingerprint density at radius 3 is 2.64 bits per heavy atom. The summed E-state index contributed by atoms with van der Waals surface area (Å²) in [4.78, 5) is 8.36. The Kier molecular flexibility index (Phi) is 6.56. The summed E-state index contributed by atoms with van der Waals surface area (Å²) in [5.41, 5.74) is 10.0. The molecule has 0 aromatic heterocycles. The normalized spacial score (nSPS) is 22.6. The van der Waals surface area contributed by atoms with Crippen LogP contribution in [-0.2, 0) is 15.1 Å². The highest BCUT2D eigenvalue weighted by atomic mass is 35.5. The molecule has 2 unspecified atom stereocenters. The fourth-order valence-corrected chi connectivity index (χ4v) is 3.01. The van der Waals surface area contributed by atoms with Crippen molar-refractivity contribution < 1.29 is 14.6 Å². The highest BCUT2D eigenvalue weighted by molar-refractivity contribution is 6.31. The minimum atomic E-state index is -0.408. The minimum absolute atomic E-state index is 0.250. The number of nitrogens with two attached hydrogens (primary N) is 1. The summed E-state index contributed by atoms with van der Waals surface area (Å²) in [6.45, 7) is 5.28. The predicted octanol–water partition coefficient (Wildman–Crippen LogP) is 3.14. The molecule has 3 rings (SSSR count). The smallest absolute Gasteiger partial charge is 0.290 e. The van der Waals surface area contributed by atoms with Crippen molar-refractivity contribution in [2.45, 2.75) is 25.7 Å². The van der Waals surface area contributed by atoms with Gasteiger partial charge in [0.1, 0.15) is 11.8 Å². The van der Waals surface area contributed by atoms with Gasteiger partial charge in [0.2, 0.25) is 0 Å². The number of aryl methyl sites for hydroxylation is 1. The summed E-state index contributed by atoms with van der Waals surface area (Å²) in [7, 11) is 0. The number of benzene rings is 2. The number of hydrogen-bond acceptors (Lipinski definition) is 4. The molecule has 0 radical (unpaired) electrons. The van der Waals surface area contributed by atoms with Gasteiger partial charge in [-0.05, 0) is 54.3 Å². The van der Waals surface area contributed by atoms with E-state index in [1.54, 1.807) is 0 Å². The van der Waals surface area contributed by atoms with Crippen molar-refractivity contribution in [1.29, 1.82) is 0 Å². The lowest BCUT2D eigenvalue weighted by atomic mass is 9.91. The van der Waals surface area contributed by atoms with Gasteiger partial charge in [-0.15, -0.1) is 0 Å². The largest absolute Gasteiger partial charge is 0.483 e. The highest BCUT2D eigenvalue weighted by Gasteiger charge is 2.33. The van der Waals surface area contributed by atoms with Gasteiger partial charge < -0.3 is 20.9 Å². The second-order valence-corrected chi connectivity index (χ2v) is 6.58. The third-order valence-electron chi connectivity index (χ3n) is 4.18. The number of morpholine rings is 1. The molecule has 1 fully saturated rings. The van der Waals surface area contributed by atoms with Gasteiger partial charge in [0.15, 0.2) is 0 Å². The Hall–Kier alpha value is -1.92. The third-order valence-corrected chi connectivity index (χ3v) is 4.61. The Morgan fingerprint density at radius 2 is 2.00 bits per heavy atom. The van der Waals surface area contributed by atoms with Crippen LogP contribution in [0, 0.1) is 6.92 Å². The van der Waals surface area contributed by atoms with Gasteiger partial charge in [0.05, 0.1) is 0 Å². The van der Waals surface area contributed by atoms with Gasteiger partial charge in [-0.3, -0.25) is 4.79 Å². The molecule has 0 spiro atoms. The first-order chi connectivity index (χ1) is 11.9. The van der Waals surface area contributed by atoms with Crippen molar-refractivity contribution in [1.82, 2.24) is 5.32 Å². The third kappa shape index (κ3) is 4.80. The summed E-state index contributed by atoms with van der Waals surface area (Å²) >= 11 is 6.12. The van der Waals surface area contributed by atoms with Crippen LogP contribution in [0.15, 0.2) is 42.5 Å². The zero-order chi connectivity index (χ0) is 18.4. The standard InChI is InChI=1S/C18H21ClN2O.CH2O2/c1-12-8-14(6-7-16(12)19)13-4-3-5-15(9-13)18(2)11-21-10-17(20)22-18;2-1-3/h3-9,17,21H,10-11,20H2,1-2H3;1H,(H,2,3). The van der Waals surface area contributed by atoms with Crippen LogP contribution in [-0.4, -0.2) is 30.9 Å². The van der Waals surface area contributed by atoms with Crippen molar-refractivity contribution in [3.8, 4) is 11.1 Å². The summed E-state index contributed by atoms with van der Waals surface area (Å²) in [5, 5.41) is 11.0. The summed E-state index contributed by atoms with van der Waals surface area (Å²) in [6.07, 6.45) is -0.278. The first-order valence-corrected chi connectivity index (χ1v) is 8.36. The molecule has 1 saturated heterocycles. The quantitative estimate of drug-likeness (QED) is 0.715. The fourth-order valence-electron chi connectivity index (χ4n) is 2.89. The van der Waals surface area contributed by atoms with Crippen molar-refractivity contribution in [2.75, 3.05) is 13.1 Å². The van der Waals surface area contributed by atoms with E-state index in [0.717, 1.165) is 33.8 Å². The number of halogens is 1. The molecule has 0 saturated carbocycles. The summed E-state index contributed by atoms with van der Waals surface area (Å²) in [6, 6.07) is 14.5. The number of ether oxygens (including phenoxy) is 1. The van der Waals surface area contributed by atoms with Crippen LogP contribution in [0.3, 0.4) is 0 Å². The molecule has 1 heterocycles. The first-order valence-electron chi connectivity index (χ1n) is 7.98. The number of nitrogens with one attached hydrogen (secondary N) is 1. The molecule has 2 aromatic carbocycles. The van der Waals surface area contributed by atoms with E-state index in [1.807, 2.05) is 19.1 Å². The van der Waals surface area contributed by atoms with Gasteiger partial charge >= 0.3 is 0 Å². The maximum Gasteiger partial charge on any atom is 0.290 e. The molecule has 5 nitrogen and oxygen atoms in total. The van der Waals surface area contributed by atoms with Crippen LogP contribution >= 0.6 is 11.6 Å². The van der Waals surface area contributed by atoms with Crippen molar-refractivity contribution in [2.24, 2.45) is 5.73 Å². The van der Waals surface area contributed by atoms with Gasteiger partial charge in [-0.25, -0.2) is 0 Å². The molecule has 2 atom stereocenters. The molecule has 0 bridgehead atoms. The van der Waals surface area contributed by atoms with Crippen LogP contribution < -0.4 is 11.1 Å². The number of carbonyl (C=O) groups is 1. The van der Waals surface area contributed by atoms with Crippen molar-refractivity contribution in [3.63, 3.8) is 0 Å². The Labute approximate surface area is 152 Å². The number of carboxylic acid groups (broad SMARTS) is 1. The lowest BCUT2D eigenvalue weighted by molar-refractivity contribution is -0.122. The molecule has 6 heteroatoms.